The normalized spacial score (nSPS) is 13.2. The minimum absolute atomic E-state index is 0.0254. The Bertz CT molecular complexity index is 1160. The lowest BCUT2D eigenvalue weighted by atomic mass is 9.99. The molecule has 0 saturated carbocycles. The van der Waals surface area contributed by atoms with Gasteiger partial charge in [0.2, 0.25) is 10.0 Å². The first kappa shape index (κ1) is 25.4. The number of ether oxygens (including phenoxy) is 2. The minimum atomic E-state index is -3.39. The Balaban J connectivity index is 1.49. The fourth-order valence-corrected chi connectivity index (χ4v) is 4.70. The molecule has 1 aliphatic heterocycles. The van der Waals surface area contributed by atoms with Crippen molar-refractivity contribution in [3.8, 4) is 5.75 Å². The Morgan fingerprint density at radius 2 is 1.68 bits per heavy atom. The Hall–Kier alpha value is -3.20. The maximum Gasteiger partial charge on any atom is 0.306 e. The average Bonchev–Trinajstić information content (AvgIpc) is 2.83. The van der Waals surface area contributed by atoms with E-state index in [4.69, 9.17) is 9.47 Å². The van der Waals surface area contributed by atoms with Gasteiger partial charge in [-0.2, -0.15) is 0 Å². The smallest absolute Gasteiger partial charge is 0.306 e. The highest BCUT2D eigenvalue weighted by Gasteiger charge is 2.25. The third-order valence-corrected chi connectivity index (χ3v) is 6.63. The highest BCUT2D eigenvalue weighted by molar-refractivity contribution is 7.92. The molecule has 3 rings (SSSR count). The number of esters is 1. The summed E-state index contributed by atoms with van der Waals surface area (Å²) in [7, 11) is -3.39. The third-order valence-electron chi connectivity index (χ3n) is 5.45. The van der Waals surface area contributed by atoms with Gasteiger partial charge in [0.25, 0.3) is 0 Å². The summed E-state index contributed by atoms with van der Waals surface area (Å²) < 4.78 is 35.8. The molecule has 0 spiro atoms. The topological polar surface area (TPSA) is 107 Å². The van der Waals surface area contributed by atoms with Gasteiger partial charge in [-0.3, -0.25) is 18.7 Å². The molecule has 34 heavy (non-hydrogen) atoms. The Morgan fingerprint density at radius 1 is 0.971 bits per heavy atom. The van der Waals surface area contributed by atoms with Gasteiger partial charge in [-0.15, -0.1) is 0 Å². The number of rotatable bonds is 11. The second-order valence-corrected chi connectivity index (χ2v) is 10.1. The summed E-state index contributed by atoms with van der Waals surface area (Å²) in [6.45, 7) is 2.57. The highest BCUT2D eigenvalue weighted by atomic mass is 32.2. The molecule has 0 bridgehead atoms. The Morgan fingerprint density at radius 3 is 2.35 bits per heavy atom. The zero-order valence-corrected chi connectivity index (χ0v) is 20.2. The van der Waals surface area contributed by atoms with E-state index in [1.54, 1.807) is 36.4 Å². The van der Waals surface area contributed by atoms with Gasteiger partial charge < -0.3 is 9.47 Å². The predicted octanol–water partition coefficient (Wildman–Crippen LogP) is 3.58. The van der Waals surface area contributed by atoms with Gasteiger partial charge in [0.1, 0.15) is 5.75 Å². The second-order valence-electron chi connectivity index (χ2n) is 8.16. The minimum Gasteiger partial charge on any atom is -0.494 e. The number of Topliss-reactive ketones (excluding diaryl/α,β-unsaturated/α-hetero) is 2. The van der Waals surface area contributed by atoms with Crippen LogP contribution in [-0.4, -0.2) is 52.0 Å². The van der Waals surface area contributed by atoms with Crippen molar-refractivity contribution in [2.45, 2.75) is 39.0 Å². The van der Waals surface area contributed by atoms with Crippen LogP contribution in [0.4, 0.5) is 5.69 Å². The van der Waals surface area contributed by atoms with E-state index in [1.165, 1.54) is 10.4 Å². The van der Waals surface area contributed by atoms with Crippen LogP contribution >= 0.6 is 0 Å². The molecule has 0 unspecified atom stereocenters. The molecule has 0 atom stereocenters. The first-order valence-corrected chi connectivity index (χ1v) is 13.1. The molecule has 0 saturated heterocycles. The van der Waals surface area contributed by atoms with Gasteiger partial charge in [-0.1, -0.05) is 6.92 Å². The van der Waals surface area contributed by atoms with E-state index in [9.17, 15) is 22.8 Å². The number of nitrogens with zero attached hydrogens (tertiary/aromatic N) is 1. The fraction of sp³-hybridized carbons (Fsp3) is 0.400. The van der Waals surface area contributed by atoms with Crippen molar-refractivity contribution in [1.29, 1.82) is 0 Å². The van der Waals surface area contributed by atoms with Crippen molar-refractivity contribution < 1.29 is 32.3 Å². The summed E-state index contributed by atoms with van der Waals surface area (Å²) in [5, 5.41) is 0. The number of hydrogen-bond acceptors (Lipinski definition) is 7. The number of fused-ring (bicyclic) bond motifs is 1. The molecule has 0 aliphatic carbocycles. The molecule has 1 aliphatic rings. The molecular weight excluding hydrogens is 458 g/mol. The Labute approximate surface area is 199 Å². The van der Waals surface area contributed by atoms with Crippen LogP contribution in [0.25, 0.3) is 0 Å². The van der Waals surface area contributed by atoms with Crippen LogP contribution in [0.3, 0.4) is 0 Å². The molecule has 0 amide bonds. The lowest BCUT2D eigenvalue weighted by molar-refractivity contribution is -0.142. The van der Waals surface area contributed by atoms with Gasteiger partial charge in [0.15, 0.2) is 18.2 Å². The Kier molecular flexibility index (Phi) is 8.44. The number of carbonyl (C=O) groups is 3. The van der Waals surface area contributed by atoms with Crippen molar-refractivity contribution in [2.75, 3.05) is 30.3 Å². The van der Waals surface area contributed by atoms with Crippen LogP contribution in [-0.2, 0) is 26.0 Å². The van der Waals surface area contributed by atoms with Gasteiger partial charge in [0, 0.05) is 24.1 Å². The van der Waals surface area contributed by atoms with E-state index in [0.29, 0.717) is 48.6 Å². The molecule has 1 heterocycles. The molecule has 0 radical (unpaired) electrons. The molecular formula is C25H29NO7S. The maximum atomic E-state index is 12.5. The average molecular weight is 488 g/mol. The van der Waals surface area contributed by atoms with Crippen LogP contribution in [0, 0.1) is 0 Å². The zero-order chi connectivity index (χ0) is 24.7. The van der Waals surface area contributed by atoms with Crippen molar-refractivity contribution in [1.82, 2.24) is 0 Å². The molecule has 8 nitrogen and oxygen atoms in total. The number of carbonyl (C=O) groups excluding carboxylic acids is 3. The number of sulfonamides is 1. The number of benzene rings is 2. The third kappa shape index (κ3) is 6.66. The molecule has 0 fully saturated rings. The monoisotopic (exact) mass is 487 g/mol. The summed E-state index contributed by atoms with van der Waals surface area (Å²) in [5.74, 6) is -0.537. The van der Waals surface area contributed by atoms with E-state index in [1.807, 2.05) is 6.92 Å². The predicted molar refractivity (Wildman–Crippen MR) is 128 cm³/mol. The molecule has 2 aromatic rings. The van der Waals surface area contributed by atoms with Crippen molar-refractivity contribution in [2.24, 2.45) is 0 Å². The molecule has 0 N–H and O–H groups in total. The SMILES string of the molecule is CCCOc1ccc(C(=O)CCC(=O)OCC(=O)c2ccc3c(c2)CCCN3S(C)(=O)=O)cc1. The van der Waals surface area contributed by atoms with Crippen LogP contribution < -0.4 is 9.04 Å². The maximum absolute atomic E-state index is 12.5. The van der Waals surface area contributed by atoms with E-state index in [0.717, 1.165) is 18.2 Å². The molecule has 182 valence electrons. The van der Waals surface area contributed by atoms with Gasteiger partial charge in [-0.05, 0) is 67.3 Å². The first-order valence-electron chi connectivity index (χ1n) is 11.2. The van der Waals surface area contributed by atoms with Gasteiger partial charge in [0.05, 0.1) is 25.0 Å². The van der Waals surface area contributed by atoms with Crippen molar-refractivity contribution in [3.05, 3.63) is 59.2 Å². The summed E-state index contributed by atoms with van der Waals surface area (Å²) in [4.78, 5) is 36.9. The zero-order valence-electron chi connectivity index (χ0n) is 19.4. The number of aryl methyl sites for hydroxylation is 1. The summed E-state index contributed by atoms with van der Waals surface area (Å²) >= 11 is 0. The van der Waals surface area contributed by atoms with Gasteiger partial charge in [-0.25, -0.2) is 8.42 Å². The quantitative estimate of drug-likeness (QED) is 0.352. The van der Waals surface area contributed by atoms with Gasteiger partial charge >= 0.3 is 5.97 Å². The summed E-state index contributed by atoms with van der Waals surface area (Å²) in [6, 6.07) is 11.5. The van der Waals surface area contributed by atoms with Crippen molar-refractivity contribution >= 4 is 33.2 Å². The molecule has 0 aromatic heterocycles. The van der Waals surface area contributed by atoms with Crippen molar-refractivity contribution in [3.63, 3.8) is 0 Å². The largest absolute Gasteiger partial charge is 0.494 e. The second kappa shape index (κ2) is 11.3. The number of hydrogen-bond donors (Lipinski definition) is 0. The standard InChI is InChI=1S/C25H29NO7S/c1-3-15-32-21-9-6-18(7-10-21)23(27)12-13-25(29)33-17-24(28)20-8-11-22-19(16-20)5-4-14-26(22)34(2,30)31/h6-11,16H,3-5,12-15,17H2,1-2H3. The number of ketones is 2. The summed E-state index contributed by atoms with van der Waals surface area (Å²) in [5.41, 5.74) is 2.17. The van der Waals surface area contributed by atoms with E-state index < -0.39 is 22.6 Å². The fourth-order valence-electron chi connectivity index (χ4n) is 3.70. The lowest BCUT2D eigenvalue weighted by Crippen LogP contribution is -2.34. The summed E-state index contributed by atoms with van der Waals surface area (Å²) in [6.07, 6.45) is 3.21. The lowest BCUT2D eigenvalue weighted by Gasteiger charge is -2.29. The molecule has 9 heteroatoms. The van der Waals surface area contributed by atoms with E-state index in [-0.39, 0.29) is 24.4 Å². The van der Waals surface area contributed by atoms with E-state index >= 15 is 0 Å². The first-order chi connectivity index (χ1) is 16.2. The molecule has 2 aromatic carbocycles. The highest BCUT2D eigenvalue weighted by Crippen LogP contribution is 2.30. The number of anilines is 1. The van der Waals surface area contributed by atoms with Crippen LogP contribution in [0.15, 0.2) is 42.5 Å². The van der Waals surface area contributed by atoms with E-state index in [2.05, 4.69) is 0 Å². The van der Waals surface area contributed by atoms with Crippen LogP contribution in [0.2, 0.25) is 0 Å². The van der Waals surface area contributed by atoms with Crippen LogP contribution in [0.5, 0.6) is 5.75 Å². The van der Waals surface area contributed by atoms with Crippen LogP contribution in [0.1, 0.15) is 58.9 Å².